The first-order chi connectivity index (χ1) is 27.2. The van der Waals surface area contributed by atoms with Gasteiger partial charge in [0.15, 0.2) is 0 Å². The van der Waals surface area contributed by atoms with Crippen LogP contribution < -0.4 is 5.32 Å². The molecule has 3 N–H and O–H groups in total. The van der Waals surface area contributed by atoms with Crippen molar-refractivity contribution in [2.75, 3.05) is 6.61 Å². The number of nitrogens with one attached hydrogen (secondary N) is 1. The largest absolute Gasteiger partial charge is 0.394 e. The van der Waals surface area contributed by atoms with Crippen LogP contribution in [0.2, 0.25) is 0 Å². The van der Waals surface area contributed by atoms with E-state index in [0.29, 0.717) is 6.42 Å². The number of unbranched alkanes of at least 4 members (excludes halogenated alkanes) is 25. The molecule has 0 fully saturated rings. The van der Waals surface area contributed by atoms with E-state index in [-0.39, 0.29) is 12.5 Å². The maximum atomic E-state index is 12.4. The van der Waals surface area contributed by atoms with Gasteiger partial charge in [-0.05, 0) is 64.2 Å². The molecule has 0 aromatic rings. The Labute approximate surface area is 342 Å². The van der Waals surface area contributed by atoms with Gasteiger partial charge in [-0.15, -0.1) is 0 Å². The van der Waals surface area contributed by atoms with E-state index in [9.17, 15) is 15.0 Å². The summed E-state index contributed by atoms with van der Waals surface area (Å²) in [6, 6.07) is -0.629. The molecule has 0 radical (unpaired) electrons. The molecule has 0 aliphatic rings. The van der Waals surface area contributed by atoms with Crippen LogP contribution in [0.3, 0.4) is 0 Å². The number of aliphatic hydroxyl groups is 2. The second-order valence-electron chi connectivity index (χ2n) is 15.8. The van der Waals surface area contributed by atoms with E-state index < -0.39 is 12.1 Å². The summed E-state index contributed by atoms with van der Waals surface area (Å²) >= 11 is 0. The van der Waals surface area contributed by atoms with E-state index in [1.165, 1.54) is 148 Å². The molecule has 55 heavy (non-hydrogen) atoms. The highest BCUT2D eigenvalue weighted by atomic mass is 16.3. The summed E-state index contributed by atoms with van der Waals surface area (Å²) in [5, 5.41) is 23.1. The monoisotopic (exact) mass is 766 g/mol. The molecule has 0 spiro atoms. The number of aliphatic hydroxyl groups excluding tert-OH is 2. The van der Waals surface area contributed by atoms with Gasteiger partial charge in [0.05, 0.1) is 18.8 Å². The van der Waals surface area contributed by atoms with Gasteiger partial charge in [-0.25, -0.2) is 0 Å². The highest BCUT2D eigenvalue weighted by molar-refractivity contribution is 5.76. The van der Waals surface area contributed by atoms with Gasteiger partial charge in [0.25, 0.3) is 0 Å². The minimum absolute atomic E-state index is 0.0724. The first-order valence-electron chi connectivity index (χ1n) is 23.7. The Morgan fingerprint density at radius 1 is 0.455 bits per heavy atom. The summed E-state index contributed by atoms with van der Waals surface area (Å²) in [5.41, 5.74) is 0. The van der Waals surface area contributed by atoms with Crippen molar-refractivity contribution in [2.24, 2.45) is 0 Å². The van der Waals surface area contributed by atoms with Gasteiger partial charge in [-0.3, -0.25) is 4.79 Å². The number of allylic oxidation sites excluding steroid dienone is 11. The summed E-state index contributed by atoms with van der Waals surface area (Å²) in [6.45, 7) is 4.20. The van der Waals surface area contributed by atoms with Crippen LogP contribution in [0.5, 0.6) is 0 Å². The van der Waals surface area contributed by atoms with Crippen molar-refractivity contribution in [1.82, 2.24) is 5.32 Å². The molecule has 318 valence electrons. The van der Waals surface area contributed by atoms with E-state index in [1.54, 1.807) is 6.08 Å². The third-order valence-corrected chi connectivity index (χ3v) is 10.4. The maximum Gasteiger partial charge on any atom is 0.220 e. The first-order valence-corrected chi connectivity index (χ1v) is 23.7. The Morgan fingerprint density at radius 3 is 1.20 bits per heavy atom. The average Bonchev–Trinajstić information content (AvgIpc) is 3.19. The molecular weight excluding hydrogens is 675 g/mol. The molecule has 1 amide bonds. The van der Waals surface area contributed by atoms with E-state index in [1.807, 2.05) is 6.08 Å². The molecule has 2 unspecified atom stereocenters. The van der Waals surface area contributed by atoms with E-state index in [0.717, 1.165) is 57.8 Å². The fourth-order valence-electron chi connectivity index (χ4n) is 6.85. The molecule has 0 bridgehead atoms. The van der Waals surface area contributed by atoms with Crippen LogP contribution in [-0.2, 0) is 4.79 Å². The Balaban J connectivity index is 3.60. The number of rotatable bonds is 42. The predicted molar refractivity (Wildman–Crippen MR) is 244 cm³/mol. The first kappa shape index (κ1) is 52.8. The fourth-order valence-corrected chi connectivity index (χ4v) is 6.85. The van der Waals surface area contributed by atoms with Gasteiger partial charge in [-0.1, -0.05) is 228 Å². The van der Waals surface area contributed by atoms with Crippen LogP contribution in [0.25, 0.3) is 0 Å². The topological polar surface area (TPSA) is 69.6 Å². The van der Waals surface area contributed by atoms with Gasteiger partial charge in [0, 0.05) is 6.42 Å². The number of hydrogen-bond donors (Lipinski definition) is 3. The summed E-state index contributed by atoms with van der Waals surface area (Å²) < 4.78 is 0. The van der Waals surface area contributed by atoms with E-state index in [2.05, 4.69) is 79.9 Å². The van der Waals surface area contributed by atoms with Crippen molar-refractivity contribution in [1.29, 1.82) is 0 Å². The summed E-state index contributed by atoms with van der Waals surface area (Å²) in [6.07, 6.45) is 65.9. The second-order valence-corrected chi connectivity index (χ2v) is 15.8. The molecular formula is C51H91NO3. The highest BCUT2D eigenvalue weighted by Crippen LogP contribution is 2.15. The smallest absolute Gasteiger partial charge is 0.220 e. The lowest BCUT2D eigenvalue weighted by Gasteiger charge is -2.20. The molecule has 4 nitrogen and oxygen atoms in total. The number of carbonyl (C=O) groups is 1. The maximum absolute atomic E-state index is 12.4. The lowest BCUT2D eigenvalue weighted by atomic mass is 10.0. The molecule has 0 aliphatic heterocycles. The summed E-state index contributed by atoms with van der Waals surface area (Å²) in [5.74, 6) is -0.0724. The zero-order chi connectivity index (χ0) is 40.0. The summed E-state index contributed by atoms with van der Waals surface area (Å²) in [7, 11) is 0. The van der Waals surface area contributed by atoms with Crippen molar-refractivity contribution in [3.63, 3.8) is 0 Å². The highest BCUT2D eigenvalue weighted by Gasteiger charge is 2.17. The lowest BCUT2D eigenvalue weighted by molar-refractivity contribution is -0.123. The molecule has 2 atom stereocenters. The Kier molecular flexibility index (Phi) is 44.4. The number of hydrogen-bond acceptors (Lipinski definition) is 3. The van der Waals surface area contributed by atoms with Crippen LogP contribution in [0.4, 0.5) is 0 Å². The normalized spacial score (nSPS) is 13.6. The van der Waals surface area contributed by atoms with Crippen molar-refractivity contribution in [3.8, 4) is 0 Å². The quantitative estimate of drug-likeness (QED) is 0.0428. The van der Waals surface area contributed by atoms with E-state index in [4.69, 9.17) is 0 Å². The minimum Gasteiger partial charge on any atom is -0.394 e. The molecule has 0 aromatic carbocycles. The number of amides is 1. The van der Waals surface area contributed by atoms with Gasteiger partial charge in [-0.2, -0.15) is 0 Å². The van der Waals surface area contributed by atoms with E-state index >= 15 is 0 Å². The fraction of sp³-hybridized carbons (Fsp3) is 0.745. The van der Waals surface area contributed by atoms with Crippen LogP contribution >= 0.6 is 0 Å². The molecule has 0 saturated carbocycles. The molecule has 0 rings (SSSR count). The SMILES string of the molecule is CC/C=C\C/C=C\C/C=C\C/C=C\C/C=C\CCCCCCCCCCCC(=O)NC(CO)C(O)/C=C/CCCCCCCCCCCCCCCCCC. The zero-order valence-corrected chi connectivity index (χ0v) is 36.4. The molecule has 0 aromatic heterocycles. The van der Waals surface area contributed by atoms with Crippen molar-refractivity contribution in [2.45, 2.75) is 238 Å². The van der Waals surface area contributed by atoms with Crippen molar-refractivity contribution in [3.05, 3.63) is 72.9 Å². The Hall–Kier alpha value is -2.17. The average molecular weight is 766 g/mol. The van der Waals surface area contributed by atoms with Crippen LogP contribution in [0.1, 0.15) is 226 Å². The van der Waals surface area contributed by atoms with Crippen LogP contribution in [0, 0.1) is 0 Å². The van der Waals surface area contributed by atoms with Crippen LogP contribution in [-0.4, -0.2) is 34.9 Å². The van der Waals surface area contributed by atoms with Gasteiger partial charge in [0.1, 0.15) is 0 Å². The Morgan fingerprint density at radius 2 is 0.800 bits per heavy atom. The molecule has 0 heterocycles. The summed E-state index contributed by atoms with van der Waals surface area (Å²) in [4.78, 5) is 12.4. The second kappa shape index (κ2) is 46.2. The van der Waals surface area contributed by atoms with Gasteiger partial charge >= 0.3 is 0 Å². The van der Waals surface area contributed by atoms with Crippen molar-refractivity contribution < 1.29 is 15.0 Å². The molecule has 0 saturated heterocycles. The predicted octanol–water partition coefficient (Wildman–Crippen LogP) is 15.1. The van der Waals surface area contributed by atoms with Gasteiger partial charge in [0.2, 0.25) is 5.91 Å². The third kappa shape index (κ3) is 42.8. The Bertz CT molecular complexity index is 961. The minimum atomic E-state index is -0.845. The van der Waals surface area contributed by atoms with Crippen molar-refractivity contribution >= 4 is 5.91 Å². The molecule has 0 aliphatic carbocycles. The van der Waals surface area contributed by atoms with Crippen LogP contribution in [0.15, 0.2) is 72.9 Å². The number of carbonyl (C=O) groups excluding carboxylic acids is 1. The third-order valence-electron chi connectivity index (χ3n) is 10.4. The van der Waals surface area contributed by atoms with Gasteiger partial charge < -0.3 is 15.5 Å². The zero-order valence-electron chi connectivity index (χ0n) is 36.4. The standard InChI is InChI=1S/C51H91NO3/c1-3-5-7-9-11-13-15-17-19-21-23-24-25-26-27-28-29-31-33-35-37-39-41-43-45-47-51(55)52-49(48-53)50(54)46-44-42-40-38-36-34-32-30-22-20-18-16-14-12-10-8-6-4-2/h5,7,11,13,17,19,23-24,26-27,44,46,49-50,53-54H,3-4,6,8-10,12,14-16,18,20-22,25,28-43,45,47-48H2,1-2H3,(H,52,55)/b7-5-,13-11-,19-17-,24-23-,27-26-,46-44+. The molecule has 4 heteroatoms. The lowest BCUT2D eigenvalue weighted by Crippen LogP contribution is -2.45.